The summed E-state index contributed by atoms with van der Waals surface area (Å²) in [6, 6.07) is 3.02. The highest BCUT2D eigenvalue weighted by Gasteiger charge is 2.23. The van der Waals surface area contributed by atoms with Gasteiger partial charge in [0.1, 0.15) is 11.5 Å². The predicted molar refractivity (Wildman–Crippen MR) is 89.3 cm³/mol. The van der Waals surface area contributed by atoms with Crippen LogP contribution in [-0.4, -0.2) is 63.7 Å². The fourth-order valence-electron chi connectivity index (χ4n) is 2.68. The summed E-state index contributed by atoms with van der Waals surface area (Å²) in [5.41, 5.74) is 6.39. The number of ether oxygens (including phenoxy) is 1. The van der Waals surface area contributed by atoms with Crippen LogP contribution in [0, 0.1) is 6.92 Å². The van der Waals surface area contributed by atoms with Gasteiger partial charge in [0.25, 0.3) is 5.91 Å². The summed E-state index contributed by atoms with van der Waals surface area (Å²) in [6.45, 7) is 3.38. The number of hydrogen-bond donors (Lipinski definition) is 2. The molecule has 132 valence electrons. The molecule has 1 aliphatic heterocycles. The van der Waals surface area contributed by atoms with Crippen molar-refractivity contribution in [2.75, 3.05) is 26.2 Å². The largest absolute Gasteiger partial charge is 0.373 e. The van der Waals surface area contributed by atoms with Crippen LogP contribution in [0.2, 0.25) is 0 Å². The van der Waals surface area contributed by atoms with E-state index in [0.29, 0.717) is 25.4 Å². The third kappa shape index (κ3) is 3.94. The molecule has 9 heteroatoms. The number of pyridine rings is 1. The molecular formula is C16H20N6O3. The molecule has 3 amide bonds. The van der Waals surface area contributed by atoms with E-state index in [1.807, 2.05) is 17.7 Å². The molecule has 1 atom stereocenters. The third-order valence-electron chi connectivity index (χ3n) is 4.02. The molecule has 3 heterocycles. The maximum atomic E-state index is 12.4. The number of nitrogens with zero attached hydrogens (tertiary/aromatic N) is 4. The second-order valence-electron chi connectivity index (χ2n) is 5.73. The molecule has 0 bridgehead atoms. The number of hydrogen-bond acceptors (Lipinski definition) is 5. The Balaban J connectivity index is 1.62. The fourth-order valence-corrected chi connectivity index (χ4v) is 2.68. The number of rotatable bonds is 4. The van der Waals surface area contributed by atoms with Crippen LogP contribution >= 0.6 is 0 Å². The number of aromatic nitrogens is 3. The minimum Gasteiger partial charge on any atom is -0.373 e. The van der Waals surface area contributed by atoms with Crippen molar-refractivity contribution >= 4 is 11.9 Å². The summed E-state index contributed by atoms with van der Waals surface area (Å²) >= 11 is 0. The first kappa shape index (κ1) is 16.9. The number of nitrogens with one attached hydrogen (secondary N) is 1. The molecule has 0 aromatic carbocycles. The predicted octanol–water partition coefficient (Wildman–Crippen LogP) is 0.0850. The minimum absolute atomic E-state index is 0.276. The Morgan fingerprint density at radius 3 is 2.96 bits per heavy atom. The number of primary amides is 1. The molecule has 9 nitrogen and oxygen atoms in total. The van der Waals surface area contributed by atoms with Gasteiger partial charge in [0, 0.05) is 31.7 Å². The highest BCUT2D eigenvalue weighted by molar-refractivity contribution is 5.92. The lowest BCUT2D eigenvalue weighted by Gasteiger charge is -2.31. The van der Waals surface area contributed by atoms with Crippen LogP contribution in [0.3, 0.4) is 0 Å². The molecule has 0 spiro atoms. The summed E-state index contributed by atoms with van der Waals surface area (Å²) in [5, 5.41) is 2.79. The number of aryl methyl sites for hydroxylation is 1. The summed E-state index contributed by atoms with van der Waals surface area (Å²) < 4.78 is 7.41. The molecule has 1 saturated heterocycles. The Hall–Kier alpha value is -2.94. The molecule has 1 fully saturated rings. The fraction of sp³-hybridized carbons (Fsp3) is 0.375. The van der Waals surface area contributed by atoms with E-state index in [4.69, 9.17) is 10.5 Å². The number of urea groups is 1. The van der Waals surface area contributed by atoms with E-state index >= 15 is 0 Å². The van der Waals surface area contributed by atoms with Gasteiger partial charge in [0.2, 0.25) is 0 Å². The molecule has 0 aliphatic carbocycles. The molecule has 1 unspecified atom stereocenters. The van der Waals surface area contributed by atoms with Gasteiger partial charge in [-0.25, -0.2) is 9.78 Å². The van der Waals surface area contributed by atoms with Crippen molar-refractivity contribution < 1.29 is 14.3 Å². The Bertz CT molecular complexity index is 775. The Kier molecular flexibility index (Phi) is 4.94. The quantitative estimate of drug-likeness (QED) is 0.815. The average Bonchev–Trinajstić information content (AvgIpc) is 3.06. The van der Waals surface area contributed by atoms with E-state index in [1.165, 1.54) is 4.90 Å². The van der Waals surface area contributed by atoms with Gasteiger partial charge >= 0.3 is 6.03 Å². The van der Waals surface area contributed by atoms with Crippen molar-refractivity contribution in [2.45, 2.75) is 13.0 Å². The zero-order valence-electron chi connectivity index (χ0n) is 13.9. The second kappa shape index (κ2) is 7.31. The van der Waals surface area contributed by atoms with Crippen LogP contribution in [0.5, 0.6) is 0 Å². The first-order valence-electron chi connectivity index (χ1n) is 7.95. The minimum atomic E-state index is -0.482. The lowest BCUT2D eigenvalue weighted by molar-refractivity contribution is -0.0110. The van der Waals surface area contributed by atoms with Crippen molar-refractivity contribution in [3.05, 3.63) is 42.2 Å². The molecule has 3 N–H and O–H groups in total. The zero-order chi connectivity index (χ0) is 17.8. The number of nitrogens with two attached hydrogens (primary N) is 1. The lowest BCUT2D eigenvalue weighted by Crippen LogP contribution is -2.51. The van der Waals surface area contributed by atoms with Crippen LogP contribution < -0.4 is 11.1 Å². The van der Waals surface area contributed by atoms with Crippen molar-refractivity contribution in [1.82, 2.24) is 24.8 Å². The third-order valence-corrected chi connectivity index (χ3v) is 4.02. The van der Waals surface area contributed by atoms with Crippen molar-refractivity contribution in [3.63, 3.8) is 0 Å². The smallest absolute Gasteiger partial charge is 0.314 e. The van der Waals surface area contributed by atoms with E-state index in [0.717, 1.165) is 11.5 Å². The van der Waals surface area contributed by atoms with Crippen molar-refractivity contribution in [1.29, 1.82) is 0 Å². The zero-order valence-corrected chi connectivity index (χ0v) is 13.9. The van der Waals surface area contributed by atoms with Gasteiger partial charge in [0.05, 0.1) is 24.9 Å². The highest BCUT2D eigenvalue weighted by Crippen LogP contribution is 2.11. The monoisotopic (exact) mass is 344 g/mol. The summed E-state index contributed by atoms with van der Waals surface area (Å²) in [5.74, 6) is 0.513. The summed E-state index contributed by atoms with van der Waals surface area (Å²) in [7, 11) is 0. The van der Waals surface area contributed by atoms with Gasteiger partial charge in [0.15, 0.2) is 0 Å². The van der Waals surface area contributed by atoms with Gasteiger partial charge in [-0.15, -0.1) is 0 Å². The second-order valence-corrected chi connectivity index (χ2v) is 5.73. The Morgan fingerprint density at radius 2 is 2.24 bits per heavy atom. The number of amides is 3. The number of imidazole rings is 1. The maximum Gasteiger partial charge on any atom is 0.314 e. The Morgan fingerprint density at radius 1 is 1.40 bits per heavy atom. The van der Waals surface area contributed by atoms with Gasteiger partial charge in [-0.1, -0.05) is 0 Å². The lowest BCUT2D eigenvalue weighted by atomic mass is 10.2. The van der Waals surface area contributed by atoms with Gasteiger partial charge in [-0.05, 0) is 19.1 Å². The van der Waals surface area contributed by atoms with Crippen LogP contribution in [0.25, 0.3) is 5.69 Å². The molecule has 0 saturated carbocycles. The van der Waals surface area contributed by atoms with Gasteiger partial charge in [-0.2, -0.15) is 0 Å². The standard InChI is InChI=1S/C16H20N6O3/c1-11-18-4-5-22(11)12-2-3-19-14(8-12)15(23)20-9-13-10-21(16(17)24)6-7-25-13/h2-5,8,13H,6-7,9-10H2,1H3,(H2,17,24)(H,20,23). The SMILES string of the molecule is Cc1nccn1-c1ccnc(C(=O)NCC2CN(C(N)=O)CCO2)c1. The van der Waals surface area contributed by atoms with E-state index in [9.17, 15) is 9.59 Å². The van der Waals surface area contributed by atoms with E-state index in [2.05, 4.69) is 15.3 Å². The summed E-state index contributed by atoms with van der Waals surface area (Å²) in [4.78, 5) is 33.4. The molecule has 2 aromatic rings. The number of carbonyl (C=O) groups is 2. The number of carbonyl (C=O) groups excluding carboxylic acids is 2. The normalized spacial score (nSPS) is 17.3. The van der Waals surface area contributed by atoms with Crippen molar-refractivity contribution in [3.8, 4) is 5.69 Å². The highest BCUT2D eigenvalue weighted by atomic mass is 16.5. The molecule has 1 aliphatic rings. The first-order valence-corrected chi connectivity index (χ1v) is 7.95. The Labute approximate surface area is 144 Å². The topological polar surface area (TPSA) is 115 Å². The van der Waals surface area contributed by atoms with Crippen LogP contribution in [0.15, 0.2) is 30.7 Å². The molecule has 0 radical (unpaired) electrons. The van der Waals surface area contributed by atoms with Crippen molar-refractivity contribution in [2.24, 2.45) is 5.73 Å². The number of morpholine rings is 1. The van der Waals surface area contributed by atoms with Gasteiger partial charge in [-0.3, -0.25) is 9.78 Å². The van der Waals surface area contributed by atoms with E-state index in [1.54, 1.807) is 24.5 Å². The van der Waals surface area contributed by atoms with E-state index in [-0.39, 0.29) is 18.6 Å². The van der Waals surface area contributed by atoms with Crippen LogP contribution in [0.1, 0.15) is 16.3 Å². The van der Waals surface area contributed by atoms with Gasteiger partial charge < -0.3 is 25.3 Å². The average molecular weight is 344 g/mol. The summed E-state index contributed by atoms with van der Waals surface area (Å²) in [6.07, 6.45) is 4.81. The maximum absolute atomic E-state index is 12.4. The van der Waals surface area contributed by atoms with Crippen LogP contribution in [-0.2, 0) is 4.74 Å². The molecule has 2 aromatic heterocycles. The molecular weight excluding hydrogens is 324 g/mol. The van der Waals surface area contributed by atoms with E-state index < -0.39 is 6.03 Å². The molecule has 25 heavy (non-hydrogen) atoms. The molecule has 3 rings (SSSR count). The van der Waals surface area contributed by atoms with Crippen LogP contribution in [0.4, 0.5) is 4.79 Å². The first-order chi connectivity index (χ1) is 12.0.